The summed E-state index contributed by atoms with van der Waals surface area (Å²) in [6.45, 7) is 1.72. The zero-order valence-corrected chi connectivity index (χ0v) is 9.39. The molecule has 94 valence electrons. The fourth-order valence-corrected chi connectivity index (χ4v) is 1.61. The first-order chi connectivity index (χ1) is 8.54. The molecule has 0 radical (unpaired) electrons. The molecule has 0 aliphatic heterocycles. The highest BCUT2D eigenvalue weighted by molar-refractivity contribution is 5.86. The van der Waals surface area contributed by atoms with Crippen molar-refractivity contribution in [2.45, 2.75) is 13.3 Å². The first-order valence-electron chi connectivity index (χ1n) is 5.18. The van der Waals surface area contributed by atoms with E-state index in [1.165, 1.54) is 10.7 Å². The number of rotatable bonds is 3. The molecule has 0 atom stereocenters. The van der Waals surface area contributed by atoms with Crippen molar-refractivity contribution in [3.63, 3.8) is 0 Å². The molecule has 1 heterocycles. The van der Waals surface area contributed by atoms with Crippen LogP contribution in [0.4, 0.5) is 8.78 Å². The molecule has 2 rings (SSSR count). The molecule has 1 aromatic heterocycles. The molecule has 0 saturated carbocycles. The Morgan fingerprint density at radius 1 is 1.39 bits per heavy atom. The second-order valence-corrected chi connectivity index (χ2v) is 3.55. The molecule has 0 aliphatic carbocycles. The van der Waals surface area contributed by atoms with E-state index in [1.807, 2.05) is 0 Å². The lowest BCUT2D eigenvalue weighted by atomic mass is 10.2. The molecular weight excluding hydrogens is 244 g/mol. The van der Waals surface area contributed by atoms with Crippen LogP contribution in [0.5, 0.6) is 0 Å². The Hall–Kier alpha value is -2.31. The largest absolute Gasteiger partial charge is 0.476 e. The fraction of sp³-hybridized carbons (Fsp3) is 0.182. The van der Waals surface area contributed by atoms with Gasteiger partial charge in [-0.15, -0.1) is 5.10 Å². The number of carboxylic acids is 1. The van der Waals surface area contributed by atoms with E-state index in [2.05, 4.69) is 10.3 Å². The van der Waals surface area contributed by atoms with Crippen LogP contribution in [0.3, 0.4) is 0 Å². The maximum Gasteiger partial charge on any atom is 0.358 e. The number of aromatic nitrogens is 3. The van der Waals surface area contributed by atoms with Crippen molar-refractivity contribution in [1.29, 1.82) is 0 Å². The van der Waals surface area contributed by atoms with Crippen LogP contribution >= 0.6 is 0 Å². The average molecular weight is 253 g/mol. The molecule has 0 saturated heterocycles. The van der Waals surface area contributed by atoms with E-state index >= 15 is 0 Å². The van der Waals surface area contributed by atoms with E-state index in [-0.39, 0.29) is 11.4 Å². The summed E-state index contributed by atoms with van der Waals surface area (Å²) in [6.07, 6.45) is 0.355. The molecule has 5 nitrogen and oxygen atoms in total. The van der Waals surface area contributed by atoms with Crippen molar-refractivity contribution in [2.24, 2.45) is 0 Å². The number of hydrogen-bond donors (Lipinski definition) is 1. The van der Waals surface area contributed by atoms with Crippen LogP contribution in [0, 0.1) is 11.6 Å². The topological polar surface area (TPSA) is 68.0 Å². The highest BCUT2D eigenvalue weighted by Gasteiger charge is 2.18. The highest BCUT2D eigenvalue weighted by Crippen LogP contribution is 2.16. The molecule has 0 aliphatic rings. The normalized spacial score (nSPS) is 10.6. The number of nitrogens with zero attached hydrogens (tertiary/aromatic N) is 3. The van der Waals surface area contributed by atoms with Gasteiger partial charge in [0.05, 0.1) is 11.4 Å². The van der Waals surface area contributed by atoms with Gasteiger partial charge in [0.1, 0.15) is 0 Å². The SMILES string of the molecule is CCc1c(C(=O)O)nnn1-c1ccc(F)c(F)c1. The summed E-state index contributed by atoms with van der Waals surface area (Å²) in [6, 6.07) is 3.19. The standard InChI is InChI=1S/C11H9F2N3O2/c1-2-9-10(11(17)18)14-15-16(9)6-3-4-7(12)8(13)5-6/h3-5H,2H2,1H3,(H,17,18). The third kappa shape index (κ3) is 1.94. The first-order valence-corrected chi connectivity index (χ1v) is 5.18. The van der Waals surface area contributed by atoms with E-state index in [4.69, 9.17) is 5.11 Å². The van der Waals surface area contributed by atoms with Crippen molar-refractivity contribution < 1.29 is 18.7 Å². The summed E-state index contributed by atoms with van der Waals surface area (Å²) in [4.78, 5) is 10.9. The number of hydrogen-bond acceptors (Lipinski definition) is 3. The number of carboxylic acid groups (broad SMARTS) is 1. The van der Waals surface area contributed by atoms with Gasteiger partial charge in [0.15, 0.2) is 17.3 Å². The van der Waals surface area contributed by atoms with Crippen LogP contribution in [-0.4, -0.2) is 26.1 Å². The Labute approximate surface area is 101 Å². The lowest BCUT2D eigenvalue weighted by Crippen LogP contribution is -2.06. The van der Waals surface area contributed by atoms with Gasteiger partial charge in [0.2, 0.25) is 0 Å². The Kier molecular flexibility index (Phi) is 3.05. The van der Waals surface area contributed by atoms with Crippen LogP contribution in [0.2, 0.25) is 0 Å². The summed E-state index contributed by atoms with van der Waals surface area (Å²) in [5, 5.41) is 16.1. The van der Waals surface area contributed by atoms with Gasteiger partial charge >= 0.3 is 5.97 Å². The zero-order chi connectivity index (χ0) is 13.3. The molecule has 0 amide bonds. The highest BCUT2D eigenvalue weighted by atomic mass is 19.2. The van der Waals surface area contributed by atoms with Crippen molar-refractivity contribution in [3.8, 4) is 5.69 Å². The van der Waals surface area contributed by atoms with Crippen molar-refractivity contribution in [1.82, 2.24) is 15.0 Å². The number of aromatic carboxylic acids is 1. The minimum absolute atomic E-state index is 0.192. The summed E-state index contributed by atoms with van der Waals surface area (Å²) < 4.78 is 27.1. The molecule has 0 bridgehead atoms. The summed E-state index contributed by atoms with van der Waals surface area (Å²) >= 11 is 0. The number of halogens is 2. The smallest absolute Gasteiger partial charge is 0.358 e. The molecule has 1 N–H and O–H groups in total. The molecule has 0 unspecified atom stereocenters. The lowest BCUT2D eigenvalue weighted by molar-refractivity contribution is 0.0689. The first kappa shape index (κ1) is 12.2. The van der Waals surface area contributed by atoms with Crippen molar-refractivity contribution in [2.75, 3.05) is 0 Å². The lowest BCUT2D eigenvalue weighted by Gasteiger charge is -2.05. The van der Waals surface area contributed by atoms with E-state index in [0.29, 0.717) is 12.1 Å². The maximum absolute atomic E-state index is 13.1. The molecular formula is C11H9F2N3O2. The van der Waals surface area contributed by atoms with Gasteiger partial charge in [-0.3, -0.25) is 0 Å². The number of benzene rings is 1. The molecule has 7 heteroatoms. The minimum atomic E-state index is -1.21. The van der Waals surface area contributed by atoms with E-state index in [1.54, 1.807) is 6.92 Å². The third-order valence-corrected chi connectivity index (χ3v) is 2.45. The zero-order valence-electron chi connectivity index (χ0n) is 9.39. The van der Waals surface area contributed by atoms with Gasteiger partial charge in [0.25, 0.3) is 0 Å². The Bertz CT molecular complexity index is 610. The molecule has 0 spiro atoms. The minimum Gasteiger partial charge on any atom is -0.476 e. The monoisotopic (exact) mass is 253 g/mol. The van der Waals surface area contributed by atoms with Crippen LogP contribution in [0.1, 0.15) is 23.1 Å². The summed E-state index contributed by atoms with van der Waals surface area (Å²) in [7, 11) is 0. The van der Waals surface area contributed by atoms with Gasteiger partial charge < -0.3 is 5.11 Å². The Balaban J connectivity index is 2.57. The summed E-state index contributed by atoms with van der Waals surface area (Å²) in [5.41, 5.74) is 0.362. The summed E-state index contributed by atoms with van der Waals surface area (Å²) in [5.74, 6) is -3.21. The molecule has 18 heavy (non-hydrogen) atoms. The number of carbonyl (C=O) groups is 1. The predicted molar refractivity (Wildman–Crippen MR) is 57.6 cm³/mol. The quantitative estimate of drug-likeness (QED) is 0.905. The van der Waals surface area contributed by atoms with Gasteiger partial charge in [-0.05, 0) is 18.6 Å². The van der Waals surface area contributed by atoms with Crippen LogP contribution in [0.15, 0.2) is 18.2 Å². The maximum atomic E-state index is 13.1. The van der Waals surface area contributed by atoms with Crippen LogP contribution in [0.25, 0.3) is 5.69 Å². The molecule has 1 aromatic carbocycles. The van der Waals surface area contributed by atoms with E-state index in [9.17, 15) is 13.6 Å². The van der Waals surface area contributed by atoms with Crippen molar-refractivity contribution >= 4 is 5.97 Å². The van der Waals surface area contributed by atoms with Crippen LogP contribution in [-0.2, 0) is 6.42 Å². The predicted octanol–water partition coefficient (Wildman–Crippen LogP) is 1.81. The fourth-order valence-electron chi connectivity index (χ4n) is 1.61. The second kappa shape index (κ2) is 4.52. The van der Waals surface area contributed by atoms with Crippen molar-refractivity contribution in [3.05, 3.63) is 41.2 Å². The van der Waals surface area contributed by atoms with E-state index in [0.717, 1.165) is 12.1 Å². The van der Waals surface area contributed by atoms with E-state index < -0.39 is 17.6 Å². The second-order valence-electron chi connectivity index (χ2n) is 3.55. The third-order valence-electron chi connectivity index (χ3n) is 2.45. The molecule has 2 aromatic rings. The van der Waals surface area contributed by atoms with Gasteiger partial charge in [-0.2, -0.15) is 0 Å². The van der Waals surface area contributed by atoms with Crippen LogP contribution < -0.4 is 0 Å². The average Bonchev–Trinajstić information content (AvgIpc) is 2.76. The Morgan fingerprint density at radius 3 is 2.67 bits per heavy atom. The Morgan fingerprint density at radius 2 is 2.11 bits per heavy atom. The van der Waals surface area contributed by atoms with Gasteiger partial charge in [-0.1, -0.05) is 12.1 Å². The van der Waals surface area contributed by atoms with Gasteiger partial charge in [-0.25, -0.2) is 18.3 Å². The van der Waals surface area contributed by atoms with Gasteiger partial charge in [0, 0.05) is 6.07 Å². The molecule has 0 fully saturated rings.